The summed E-state index contributed by atoms with van der Waals surface area (Å²) in [7, 11) is 0. The fraction of sp³-hybridized carbons (Fsp3) is 0.500. The van der Waals surface area contributed by atoms with Crippen molar-refractivity contribution >= 4 is 11.8 Å². The summed E-state index contributed by atoms with van der Waals surface area (Å²) in [6.45, 7) is 2.23. The molecule has 6 heteroatoms. The monoisotopic (exact) mass is 303 g/mol. The molecule has 3 rings (SSSR count). The van der Waals surface area contributed by atoms with Gasteiger partial charge in [-0.3, -0.25) is 14.5 Å². The zero-order valence-electron chi connectivity index (χ0n) is 12.5. The second kappa shape index (κ2) is 6.36. The lowest BCUT2D eigenvalue weighted by Gasteiger charge is -2.27. The summed E-state index contributed by atoms with van der Waals surface area (Å²) in [5.41, 5.74) is 6.34. The number of nitrogens with zero attached hydrogens (tertiary/aromatic N) is 1. The second-order valence-electron chi connectivity index (χ2n) is 5.92. The number of para-hydroxylation sites is 1. The van der Waals surface area contributed by atoms with Crippen LogP contribution in [-0.4, -0.2) is 43.0 Å². The van der Waals surface area contributed by atoms with Crippen LogP contribution in [0.4, 0.5) is 0 Å². The number of primary amides is 1. The average molecular weight is 303 g/mol. The van der Waals surface area contributed by atoms with Gasteiger partial charge < -0.3 is 15.8 Å². The van der Waals surface area contributed by atoms with Crippen LogP contribution in [0.1, 0.15) is 24.4 Å². The number of hydrogen-bond acceptors (Lipinski definition) is 4. The molecule has 0 aliphatic carbocycles. The molecule has 6 nitrogen and oxygen atoms in total. The number of carbonyl (C=O) groups is 2. The van der Waals surface area contributed by atoms with E-state index in [1.54, 1.807) is 0 Å². The Bertz CT molecular complexity index is 576. The second-order valence-corrected chi connectivity index (χ2v) is 5.92. The number of nitrogens with one attached hydrogen (secondary N) is 1. The number of carbonyl (C=O) groups excluding carboxylic acids is 2. The lowest BCUT2D eigenvalue weighted by molar-refractivity contribution is -0.124. The number of rotatable bonds is 4. The molecule has 2 aliphatic heterocycles. The van der Waals surface area contributed by atoms with Crippen molar-refractivity contribution in [2.75, 3.05) is 26.2 Å². The van der Waals surface area contributed by atoms with Crippen LogP contribution in [0.15, 0.2) is 24.3 Å². The van der Waals surface area contributed by atoms with Crippen LogP contribution in [-0.2, 0) is 9.59 Å². The Morgan fingerprint density at radius 1 is 1.32 bits per heavy atom. The van der Waals surface area contributed by atoms with Crippen molar-refractivity contribution in [2.45, 2.75) is 18.9 Å². The molecule has 1 saturated heterocycles. The molecule has 2 amide bonds. The predicted octanol–water partition coefficient (Wildman–Crippen LogP) is 0.434. The topological polar surface area (TPSA) is 84.7 Å². The van der Waals surface area contributed by atoms with Gasteiger partial charge in [0.15, 0.2) is 0 Å². The SMILES string of the molecule is NC(=O)C1CCN(CC(=O)NC2CCOc3ccccc32)C1. The van der Waals surface area contributed by atoms with Crippen LogP contribution < -0.4 is 15.8 Å². The number of amides is 2. The largest absolute Gasteiger partial charge is 0.493 e. The minimum Gasteiger partial charge on any atom is -0.493 e. The number of ether oxygens (including phenoxy) is 1. The van der Waals surface area contributed by atoms with Crippen LogP contribution in [0.5, 0.6) is 5.75 Å². The van der Waals surface area contributed by atoms with Crippen LogP contribution in [0.25, 0.3) is 0 Å². The third-order valence-electron chi connectivity index (χ3n) is 4.34. The highest BCUT2D eigenvalue weighted by Crippen LogP contribution is 2.31. The first kappa shape index (κ1) is 14.8. The molecule has 1 aromatic rings. The predicted molar refractivity (Wildman–Crippen MR) is 81.2 cm³/mol. The van der Waals surface area contributed by atoms with Crippen molar-refractivity contribution in [3.8, 4) is 5.75 Å². The number of fused-ring (bicyclic) bond motifs is 1. The molecule has 118 valence electrons. The summed E-state index contributed by atoms with van der Waals surface area (Å²) in [5.74, 6) is 0.415. The van der Waals surface area contributed by atoms with E-state index in [4.69, 9.17) is 10.5 Å². The van der Waals surface area contributed by atoms with Crippen molar-refractivity contribution in [2.24, 2.45) is 11.7 Å². The van der Waals surface area contributed by atoms with E-state index in [-0.39, 0.29) is 23.8 Å². The first-order valence-electron chi connectivity index (χ1n) is 7.66. The van der Waals surface area contributed by atoms with Crippen LogP contribution >= 0.6 is 0 Å². The van der Waals surface area contributed by atoms with E-state index in [1.165, 1.54) is 0 Å². The third-order valence-corrected chi connectivity index (χ3v) is 4.34. The highest BCUT2D eigenvalue weighted by atomic mass is 16.5. The number of likely N-dealkylation sites (tertiary alicyclic amines) is 1. The van der Waals surface area contributed by atoms with Crippen molar-refractivity contribution in [1.29, 1.82) is 0 Å². The van der Waals surface area contributed by atoms with Gasteiger partial charge in [0.1, 0.15) is 5.75 Å². The molecule has 0 radical (unpaired) electrons. The summed E-state index contributed by atoms with van der Waals surface area (Å²) in [4.78, 5) is 25.4. The molecule has 0 bridgehead atoms. The zero-order chi connectivity index (χ0) is 15.5. The van der Waals surface area contributed by atoms with Gasteiger partial charge in [-0.1, -0.05) is 18.2 Å². The normalized spacial score (nSPS) is 24.4. The first-order valence-corrected chi connectivity index (χ1v) is 7.66. The summed E-state index contributed by atoms with van der Waals surface area (Å²) < 4.78 is 5.60. The van der Waals surface area contributed by atoms with Crippen molar-refractivity contribution in [3.63, 3.8) is 0 Å². The maximum Gasteiger partial charge on any atom is 0.234 e. The van der Waals surface area contributed by atoms with Gasteiger partial charge in [0.05, 0.1) is 25.1 Å². The van der Waals surface area contributed by atoms with Gasteiger partial charge in [-0.25, -0.2) is 0 Å². The quantitative estimate of drug-likeness (QED) is 0.845. The van der Waals surface area contributed by atoms with E-state index in [1.807, 2.05) is 29.2 Å². The van der Waals surface area contributed by atoms with E-state index in [9.17, 15) is 9.59 Å². The fourth-order valence-electron chi connectivity index (χ4n) is 3.14. The maximum atomic E-state index is 12.2. The highest BCUT2D eigenvalue weighted by molar-refractivity contribution is 5.80. The fourth-order valence-corrected chi connectivity index (χ4v) is 3.14. The van der Waals surface area contributed by atoms with Crippen LogP contribution in [0.2, 0.25) is 0 Å². The van der Waals surface area contributed by atoms with Gasteiger partial charge in [0.25, 0.3) is 0 Å². The van der Waals surface area contributed by atoms with Crippen LogP contribution in [0, 0.1) is 5.92 Å². The van der Waals surface area contributed by atoms with E-state index in [0.29, 0.717) is 19.7 Å². The minimum absolute atomic E-state index is 0.00742. The zero-order valence-corrected chi connectivity index (χ0v) is 12.5. The lowest BCUT2D eigenvalue weighted by atomic mass is 10.0. The molecule has 2 atom stereocenters. The molecule has 1 aromatic carbocycles. The van der Waals surface area contributed by atoms with E-state index in [2.05, 4.69) is 5.32 Å². The lowest BCUT2D eigenvalue weighted by Crippen LogP contribution is -2.39. The van der Waals surface area contributed by atoms with Crippen LogP contribution in [0.3, 0.4) is 0 Å². The molecule has 0 aromatic heterocycles. The Kier molecular flexibility index (Phi) is 4.29. The molecule has 0 spiro atoms. The molecule has 1 fully saturated rings. The standard InChI is InChI=1S/C16H21N3O3/c17-16(21)11-5-7-19(9-11)10-15(20)18-13-6-8-22-14-4-2-1-3-12(13)14/h1-4,11,13H,5-10H2,(H2,17,21)(H,18,20). The van der Waals surface area contributed by atoms with E-state index in [0.717, 1.165) is 30.7 Å². The van der Waals surface area contributed by atoms with Gasteiger partial charge in [-0.15, -0.1) is 0 Å². The third kappa shape index (κ3) is 3.22. The molecule has 2 heterocycles. The van der Waals surface area contributed by atoms with Gasteiger partial charge >= 0.3 is 0 Å². The number of nitrogens with two attached hydrogens (primary N) is 1. The van der Waals surface area contributed by atoms with Crippen molar-refractivity contribution in [3.05, 3.63) is 29.8 Å². The van der Waals surface area contributed by atoms with Gasteiger partial charge in [-0.2, -0.15) is 0 Å². The molecular weight excluding hydrogens is 282 g/mol. The Labute approximate surface area is 129 Å². The Hall–Kier alpha value is -2.08. The molecule has 3 N–H and O–H groups in total. The Morgan fingerprint density at radius 3 is 2.91 bits per heavy atom. The Morgan fingerprint density at radius 2 is 2.14 bits per heavy atom. The van der Waals surface area contributed by atoms with E-state index < -0.39 is 0 Å². The summed E-state index contributed by atoms with van der Waals surface area (Å²) in [5, 5.41) is 3.07. The smallest absolute Gasteiger partial charge is 0.234 e. The summed E-state index contributed by atoms with van der Waals surface area (Å²) in [6.07, 6.45) is 1.51. The van der Waals surface area contributed by atoms with E-state index >= 15 is 0 Å². The Balaban J connectivity index is 1.56. The van der Waals surface area contributed by atoms with Crippen molar-refractivity contribution in [1.82, 2.24) is 10.2 Å². The highest BCUT2D eigenvalue weighted by Gasteiger charge is 2.29. The summed E-state index contributed by atoms with van der Waals surface area (Å²) >= 11 is 0. The molecular formula is C16H21N3O3. The molecule has 22 heavy (non-hydrogen) atoms. The van der Waals surface area contributed by atoms with Gasteiger partial charge in [0.2, 0.25) is 11.8 Å². The van der Waals surface area contributed by atoms with Crippen molar-refractivity contribution < 1.29 is 14.3 Å². The molecule has 2 aliphatic rings. The summed E-state index contributed by atoms with van der Waals surface area (Å²) in [6, 6.07) is 7.78. The minimum atomic E-state index is -0.277. The maximum absolute atomic E-state index is 12.2. The average Bonchev–Trinajstić information content (AvgIpc) is 2.96. The molecule has 2 unspecified atom stereocenters. The number of benzene rings is 1. The van der Waals surface area contributed by atoms with Gasteiger partial charge in [-0.05, 0) is 19.0 Å². The molecule has 0 saturated carbocycles. The number of hydrogen-bond donors (Lipinski definition) is 2. The first-order chi connectivity index (χ1) is 10.6. The van der Waals surface area contributed by atoms with Gasteiger partial charge in [0, 0.05) is 18.5 Å².